The zero-order valence-corrected chi connectivity index (χ0v) is 12.9. The Morgan fingerprint density at radius 2 is 1.95 bits per heavy atom. The number of nitrogens with zero attached hydrogens (tertiary/aromatic N) is 1. The third-order valence-electron chi connectivity index (χ3n) is 2.96. The molecule has 0 spiro atoms. The number of ether oxygens (including phenoxy) is 1. The van der Waals surface area contributed by atoms with E-state index in [1.54, 1.807) is 20.8 Å². The van der Waals surface area contributed by atoms with Gasteiger partial charge in [0.15, 0.2) is 5.82 Å². The summed E-state index contributed by atoms with van der Waals surface area (Å²) in [6.45, 7) is 9.13. The number of carbonyl (C=O) groups excluding carboxylic acids is 1. The number of anilines is 2. The highest BCUT2D eigenvalue weighted by molar-refractivity contribution is 5.94. The highest BCUT2D eigenvalue weighted by Gasteiger charge is 2.37. The molecule has 0 saturated carbocycles. The number of rotatable bonds is 0. The number of nitrogens with one attached hydrogen (secondary N) is 1. The monoisotopic (exact) mass is 298 g/mol. The van der Waals surface area contributed by atoms with Crippen molar-refractivity contribution in [1.82, 2.24) is 0 Å². The van der Waals surface area contributed by atoms with Gasteiger partial charge in [-0.05, 0) is 34.6 Å². The lowest BCUT2D eigenvalue weighted by Gasteiger charge is -2.41. The van der Waals surface area contributed by atoms with E-state index in [-0.39, 0.29) is 17.9 Å². The molecule has 1 heterocycles. The van der Waals surface area contributed by atoms with Crippen molar-refractivity contribution in [2.45, 2.75) is 45.8 Å². The van der Waals surface area contributed by atoms with Gasteiger partial charge in [-0.15, -0.1) is 0 Å². The molecule has 0 aliphatic carbocycles. The first-order valence-corrected chi connectivity index (χ1v) is 6.76. The minimum absolute atomic E-state index is 0.110. The van der Waals surface area contributed by atoms with E-state index in [0.29, 0.717) is 0 Å². The van der Waals surface area contributed by atoms with Gasteiger partial charge < -0.3 is 10.1 Å². The van der Waals surface area contributed by atoms with Crippen LogP contribution in [0.2, 0.25) is 0 Å². The lowest BCUT2D eigenvalue weighted by atomic mass is 9.99. The van der Waals surface area contributed by atoms with E-state index in [1.165, 1.54) is 4.90 Å². The Labute approximate surface area is 123 Å². The first-order valence-electron chi connectivity index (χ1n) is 6.76. The number of hydrogen-bond donors (Lipinski definition) is 1. The molecule has 21 heavy (non-hydrogen) atoms. The van der Waals surface area contributed by atoms with Crippen molar-refractivity contribution in [3.63, 3.8) is 0 Å². The highest BCUT2D eigenvalue weighted by atomic mass is 19.1. The lowest BCUT2D eigenvalue weighted by molar-refractivity contribution is 0.0573. The van der Waals surface area contributed by atoms with Gasteiger partial charge in [-0.3, -0.25) is 4.90 Å². The predicted octanol–water partition coefficient (Wildman–Crippen LogP) is 3.91. The third-order valence-corrected chi connectivity index (χ3v) is 2.96. The number of amides is 1. The molecule has 1 N–H and O–H groups in total. The van der Waals surface area contributed by atoms with E-state index in [9.17, 15) is 13.6 Å². The Bertz CT molecular complexity index is 580. The van der Waals surface area contributed by atoms with Gasteiger partial charge in [0.25, 0.3) is 0 Å². The molecule has 0 saturated heterocycles. The van der Waals surface area contributed by atoms with Gasteiger partial charge in [0, 0.05) is 12.1 Å². The third kappa shape index (κ3) is 3.43. The summed E-state index contributed by atoms with van der Waals surface area (Å²) in [6.07, 6.45) is -0.622. The van der Waals surface area contributed by atoms with Gasteiger partial charge in [-0.1, -0.05) is 0 Å². The summed E-state index contributed by atoms with van der Waals surface area (Å²) in [5.74, 6) is -1.47. The van der Waals surface area contributed by atoms with E-state index in [0.717, 1.165) is 12.1 Å². The molecule has 1 aliphatic heterocycles. The van der Waals surface area contributed by atoms with E-state index in [2.05, 4.69) is 5.32 Å². The zero-order valence-electron chi connectivity index (χ0n) is 12.9. The Morgan fingerprint density at radius 1 is 1.33 bits per heavy atom. The van der Waals surface area contributed by atoms with Crippen LogP contribution in [0, 0.1) is 11.6 Å². The van der Waals surface area contributed by atoms with Crippen molar-refractivity contribution in [3.8, 4) is 0 Å². The van der Waals surface area contributed by atoms with E-state index in [4.69, 9.17) is 4.74 Å². The van der Waals surface area contributed by atoms with Gasteiger partial charge in [-0.2, -0.15) is 0 Å². The predicted molar refractivity (Wildman–Crippen MR) is 77.6 cm³/mol. The smallest absolute Gasteiger partial charge is 0.414 e. The van der Waals surface area contributed by atoms with Gasteiger partial charge in [0.1, 0.15) is 11.4 Å². The molecule has 1 amide bonds. The minimum atomic E-state index is -0.735. The van der Waals surface area contributed by atoms with Gasteiger partial charge in [0.2, 0.25) is 0 Å². The van der Waals surface area contributed by atoms with E-state index in [1.807, 2.05) is 13.8 Å². The Balaban J connectivity index is 2.46. The minimum Gasteiger partial charge on any atom is -0.443 e. The van der Waals surface area contributed by atoms with Crippen molar-refractivity contribution in [1.29, 1.82) is 0 Å². The maximum absolute atomic E-state index is 14.0. The Kier molecular flexibility index (Phi) is 3.59. The SMILES string of the molecule is CC1(C)CN(C(=O)OC(C)(C)C)c2cc(F)cc(F)c2N1. The molecule has 0 bridgehead atoms. The second kappa shape index (κ2) is 4.86. The molecule has 6 heteroatoms. The Morgan fingerprint density at radius 3 is 2.52 bits per heavy atom. The topological polar surface area (TPSA) is 41.6 Å². The molecule has 4 nitrogen and oxygen atoms in total. The maximum atomic E-state index is 14.0. The standard InChI is InChI=1S/C15H20F2N2O2/c1-14(2,3)21-13(20)19-8-15(4,5)18-12-10(17)6-9(16)7-11(12)19/h6-7,18H,8H2,1-5H3. The first kappa shape index (κ1) is 15.5. The molecule has 1 aliphatic rings. The molecule has 0 fully saturated rings. The van der Waals surface area contributed by atoms with Crippen molar-refractivity contribution >= 4 is 17.5 Å². The average Bonchev–Trinajstić information content (AvgIpc) is 2.26. The van der Waals surface area contributed by atoms with E-state index < -0.39 is 28.9 Å². The molecule has 0 radical (unpaired) electrons. The van der Waals surface area contributed by atoms with Crippen LogP contribution in [0.1, 0.15) is 34.6 Å². The quantitative estimate of drug-likeness (QED) is 0.789. The molecule has 2 rings (SSSR count). The lowest BCUT2D eigenvalue weighted by Crippen LogP contribution is -2.52. The largest absolute Gasteiger partial charge is 0.443 e. The molecular weight excluding hydrogens is 278 g/mol. The molecule has 0 atom stereocenters. The summed E-state index contributed by atoms with van der Waals surface area (Å²) < 4.78 is 32.8. The number of benzene rings is 1. The molecule has 0 unspecified atom stereocenters. The van der Waals surface area contributed by atoms with Crippen LogP contribution in [0.15, 0.2) is 12.1 Å². The van der Waals surface area contributed by atoms with Crippen LogP contribution in [0.3, 0.4) is 0 Å². The van der Waals surface area contributed by atoms with Crippen molar-refractivity contribution in [3.05, 3.63) is 23.8 Å². The van der Waals surface area contributed by atoms with Gasteiger partial charge in [0.05, 0.1) is 23.5 Å². The summed E-state index contributed by atoms with van der Waals surface area (Å²) in [6, 6.07) is 1.92. The van der Waals surface area contributed by atoms with Gasteiger partial charge in [-0.25, -0.2) is 13.6 Å². The van der Waals surface area contributed by atoms with Crippen LogP contribution in [-0.4, -0.2) is 23.8 Å². The second-order valence-electron chi connectivity index (χ2n) is 6.86. The fourth-order valence-electron chi connectivity index (χ4n) is 2.23. The van der Waals surface area contributed by atoms with Crippen molar-refractivity contribution in [2.24, 2.45) is 0 Å². The van der Waals surface area contributed by atoms with Crippen LogP contribution >= 0.6 is 0 Å². The summed E-state index contributed by atoms with van der Waals surface area (Å²) >= 11 is 0. The molecule has 1 aromatic carbocycles. The van der Waals surface area contributed by atoms with Crippen molar-refractivity contribution in [2.75, 3.05) is 16.8 Å². The van der Waals surface area contributed by atoms with E-state index >= 15 is 0 Å². The number of fused-ring (bicyclic) bond motifs is 1. The van der Waals surface area contributed by atoms with Crippen LogP contribution in [-0.2, 0) is 4.74 Å². The fourth-order valence-corrected chi connectivity index (χ4v) is 2.23. The summed E-state index contributed by atoms with van der Waals surface area (Å²) in [7, 11) is 0. The normalized spacial score (nSPS) is 17.0. The number of halogens is 2. The Hall–Kier alpha value is -1.85. The van der Waals surface area contributed by atoms with Crippen LogP contribution in [0.25, 0.3) is 0 Å². The first-order chi connectivity index (χ1) is 9.48. The summed E-state index contributed by atoms with van der Waals surface area (Å²) in [4.78, 5) is 13.6. The highest BCUT2D eigenvalue weighted by Crippen LogP contribution is 2.37. The van der Waals surface area contributed by atoms with Gasteiger partial charge >= 0.3 is 6.09 Å². The van der Waals surface area contributed by atoms with Crippen molar-refractivity contribution < 1.29 is 18.3 Å². The molecule has 0 aromatic heterocycles. The zero-order chi connectivity index (χ0) is 16.0. The molecule has 116 valence electrons. The van der Waals surface area contributed by atoms with Crippen LogP contribution in [0.4, 0.5) is 25.0 Å². The number of carbonyl (C=O) groups is 1. The maximum Gasteiger partial charge on any atom is 0.414 e. The van der Waals surface area contributed by atoms with Crippen LogP contribution < -0.4 is 10.2 Å². The van der Waals surface area contributed by atoms with Crippen LogP contribution in [0.5, 0.6) is 0 Å². The number of hydrogen-bond acceptors (Lipinski definition) is 3. The summed E-state index contributed by atoms with van der Waals surface area (Å²) in [5.41, 5.74) is -0.972. The fraction of sp³-hybridized carbons (Fsp3) is 0.533. The second-order valence-corrected chi connectivity index (χ2v) is 6.86. The molecule has 1 aromatic rings. The molecular formula is C15H20F2N2O2. The average molecular weight is 298 g/mol. The summed E-state index contributed by atoms with van der Waals surface area (Å²) in [5, 5.41) is 2.99.